The van der Waals surface area contributed by atoms with Crippen molar-refractivity contribution >= 4 is 0 Å². The van der Waals surface area contributed by atoms with Gasteiger partial charge in [-0.2, -0.15) is 0 Å². The lowest BCUT2D eigenvalue weighted by atomic mass is 10.0. The molecule has 2 atom stereocenters. The Morgan fingerprint density at radius 2 is 1.06 bits per heavy atom. The second-order valence-electron chi connectivity index (χ2n) is 3.17. The molecule has 0 aromatic heterocycles. The molecular formula is C9H7F5O2. The van der Waals surface area contributed by atoms with E-state index in [2.05, 4.69) is 0 Å². The molecule has 0 aliphatic carbocycles. The molecule has 0 unspecified atom stereocenters. The summed E-state index contributed by atoms with van der Waals surface area (Å²) in [6.07, 6.45) is -3.86. The molecule has 90 valence electrons. The zero-order chi connectivity index (χ0) is 12.6. The lowest BCUT2D eigenvalue weighted by Crippen LogP contribution is -2.19. The first-order valence-electron chi connectivity index (χ1n) is 4.16. The van der Waals surface area contributed by atoms with E-state index < -0.39 is 46.9 Å². The Balaban J connectivity index is 3.51. The lowest BCUT2D eigenvalue weighted by molar-refractivity contribution is 0.0247. The fourth-order valence-corrected chi connectivity index (χ4v) is 1.12. The monoisotopic (exact) mass is 242 g/mol. The molecule has 0 aliphatic rings. The van der Waals surface area contributed by atoms with E-state index in [4.69, 9.17) is 10.2 Å². The van der Waals surface area contributed by atoms with Crippen LogP contribution in [0, 0.1) is 29.1 Å². The molecule has 0 aliphatic heterocycles. The van der Waals surface area contributed by atoms with Gasteiger partial charge in [0.2, 0.25) is 5.82 Å². The minimum atomic E-state index is -2.31. The number of hydrogen-bond donors (Lipinski definition) is 2. The van der Waals surface area contributed by atoms with E-state index in [1.165, 1.54) is 0 Å². The van der Waals surface area contributed by atoms with Gasteiger partial charge in [0.1, 0.15) is 6.10 Å². The second kappa shape index (κ2) is 4.34. The molecule has 0 spiro atoms. The van der Waals surface area contributed by atoms with Gasteiger partial charge in [-0.1, -0.05) is 0 Å². The first-order valence-corrected chi connectivity index (χ1v) is 4.16. The molecule has 0 fully saturated rings. The summed E-state index contributed by atoms with van der Waals surface area (Å²) in [5, 5.41) is 18.0. The highest BCUT2D eigenvalue weighted by molar-refractivity contribution is 5.26. The van der Waals surface area contributed by atoms with Crippen LogP contribution in [0.2, 0.25) is 0 Å². The van der Waals surface area contributed by atoms with E-state index in [0.29, 0.717) is 0 Å². The van der Waals surface area contributed by atoms with Crippen molar-refractivity contribution in [2.24, 2.45) is 0 Å². The van der Waals surface area contributed by atoms with Crippen molar-refractivity contribution in [1.29, 1.82) is 0 Å². The molecule has 0 amide bonds. The number of halogens is 5. The summed E-state index contributed by atoms with van der Waals surface area (Å²) in [7, 11) is 0. The largest absolute Gasteiger partial charge is 0.390 e. The Kier molecular flexibility index (Phi) is 3.49. The maximum absolute atomic E-state index is 13.0. The molecule has 2 N–H and O–H groups in total. The number of rotatable bonds is 2. The van der Waals surface area contributed by atoms with Crippen LogP contribution in [0.1, 0.15) is 18.6 Å². The molecule has 16 heavy (non-hydrogen) atoms. The molecule has 1 aromatic rings. The van der Waals surface area contributed by atoms with Gasteiger partial charge in [0.25, 0.3) is 0 Å². The Bertz CT molecular complexity index is 390. The van der Waals surface area contributed by atoms with E-state index in [0.717, 1.165) is 6.92 Å². The predicted octanol–water partition coefficient (Wildman–Crippen LogP) is 1.80. The zero-order valence-electron chi connectivity index (χ0n) is 7.94. The minimum Gasteiger partial charge on any atom is -0.390 e. The van der Waals surface area contributed by atoms with Gasteiger partial charge in [0.05, 0.1) is 11.7 Å². The van der Waals surface area contributed by atoms with Gasteiger partial charge >= 0.3 is 0 Å². The maximum Gasteiger partial charge on any atom is 0.200 e. The topological polar surface area (TPSA) is 40.5 Å². The van der Waals surface area contributed by atoms with Crippen LogP contribution >= 0.6 is 0 Å². The highest BCUT2D eigenvalue weighted by Crippen LogP contribution is 2.29. The Hall–Kier alpha value is -1.21. The summed E-state index contributed by atoms with van der Waals surface area (Å²) >= 11 is 0. The zero-order valence-corrected chi connectivity index (χ0v) is 7.94. The van der Waals surface area contributed by atoms with E-state index in [1.54, 1.807) is 0 Å². The van der Waals surface area contributed by atoms with Gasteiger partial charge in [0.15, 0.2) is 23.3 Å². The van der Waals surface area contributed by atoms with Crippen molar-refractivity contribution in [2.45, 2.75) is 19.1 Å². The molecule has 0 saturated carbocycles. The standard InChI is InChI=1S/C9H7F5O2/c1-2(15)9(16)3-4(10)6(12)8(14)7(13)5(3)11/h2,9,15-16H,1H3/t2-,9+/m0/s1. The van der Waals surface area contributed by atoms with Crippen LogP contribution in [0.4, 0.5) is 22.0 Å². The molecule has 0 saturated heterocycles. The molecular weight excluding hydrogens is 235 g/mol. The minimum absolute atomic E-state index is 0.947. The SMILES string of the molecule is C[C@H](O)[C@@H](O)c1c(F)c(F)c(F)c(F)c1F. The summed E-state index contributed by atoms with van der Waals surface area (Å²) in [5.74, 6) is -10.9. The van der Waals surface area contributed by atoms with Crippen molar-refractivity contribution in [3.8, 4) is 0 Å². The average Bonchev–Trinajstić information content (AvgIpc) is 2.23. The number of aliphatic hydroxyl groups is 2. The van der Waals surface area contributed by atoms with Crippen LogP contribution in [0.15, 0.2) is 0 Å². The molecule has 0 radical (unpaired) electrons. The fraction of sp³-hybridized carbons (Fsp3) is 0.333. The highest BCUT2D eigenvalue weighted by atomic mass is 19.2. The quantitative estimate of drug-likeness (QED) is 0.471. The third kappa shape index (κ3) is 1.88. The molecule has 1 aromatic carbocycles. The van der Waals surface area contributed by atoms with Crippen LogP contribution in [-0.4, -0.2) is 16.3 Å². The highest BCUT2D eigenvalue weighted by Gasteiger charge is 2.31. The lowest BCUT2D eigenvalue weighted by Gasteiger charge is -2.16. The number of hydrogen-bond acceptors (Lipinski definition) is 2. The average molecular weight is 242 g/mol. The van der Waals surface area contributed by atoms with E-state index in [-0.39, 0.29) is 0 Å². The van der Waals surface area contributed by atoms with Crippen molar-refractivity contribution in [2.75, 3.05) is 0 Å². The van der Waals surface area contributed by atoms with E-state index in [1.807, 2.05) is 0 Å². The van der Waals surface area contributed by atoms with Crippen LogP contribution in [0.3, 0.4) is 0 Å². The van der Waals surface area contributed by atoms with Crippen LogP contribution in [0.5, 0.6) is 0 Å². The Morgan fingerprint density at radius 1 is 0.750 bits per heavy atom. The van der Waals surface area contributed by atoms with Gasteiger partial charge in [-0.3, -0.25) is 0 Å². The normalized spacial score (nSPS) is 15.0. The van der Waals surface area contributed by atoms with Gasteiger partial charge in [-0.05, 0) is 6.92 Å². The van der Waals surface area contributed by atoms with Gasteiger partial charge in [-0.15, -0.1) is 0 Å². The fourth-order valence-electron chi connectivity index (χ4n) is 1.12. The smallest absolute Gasteiger partial charge is 0.200 e. The van der Waals surface area contributed by atoms with E-state index in [9.17, 15) is 22.0 Å². The van der Waals surface area contributed by atoms with Crippen LogP contribution in [0.25, 0.3) is 0 Å². The first-order chi connectivity index (χ1) is 7.29. The molecule has 2 nitrogen and oxygen atoms in total. The van der Waals surface area contributed by atoms with Crippen LogP contribution in [-0.2, 0) is 0 Å². The molecule has 0 bridgehead atoms. The predicted molar refractivity (Wildman–Crippen MR) is 42.9 cm³/mol. The van der Waals surface area contributed by atoms with Crippen molar-refractivity contribution < 1.29 is 32.2 Å². The molecule has 7 heteroatoms. The number of aliphatic hydroxyl groups excluding tert-OH is 2. The summed E-state index contributed by atoms with van der Waals surface area (Å²) in [4.78, 5) is 0. The Labute approximate surface area is 86.9 Å². The van der Waals surface area contributed by atoms with E-state index >= 15 is 0 Å². The number of benzene rings is 1. The van der Waals surface area contributed by atoms with Crippen molar-refractivity contribution in [3.63, 3.8) is 0 Å². The summed E-state index contributed by atoms with van der Waals surface area (Å²) < 4.78 is 64.0. The maximum atomic E-state index is 13.0. The Morgan fingerprint density at radius 3 is 1.38 bits per heavy atom. The first kappa shape index (κ1) is 12.9. The second-order valence-corrected chi connectivity index (χ2v) is 3.17. The van der Waals surface area contributed by atoms with Crippen molar-refractivity contribution in [3.05, 3.63) is 34.6 Å². The summed E-state index contributed by atoms with van der Waals surface area (Å²) in [5.41, 5.74) is -1.44. The molecule has 1 rings (SSSR count). The van der Waals surface area contributed by atoms with Gasteiger partial charge in [0, 0.05) is 0 Å². The molecule has 0 heterocycles. The van der Waals surface area contributed by atoms with Gasteiger partial charge in [-0.25, -0.2) is 22.0 Å². The third-order valence-corrected chi connectivity index (χ3v) is 2.00. The summed E-state index contributed by atoms with van der Waals surface area (Å²) in [6, 6.07) is 0. The third-order valence-electron chi connectivity index (χ3n) is 2.00. The van der Waals surface area contributed by atoms with Crippen molar-refractivity contribution in [1.82, 2.24) is 0 Å². The van der Waals surface area contributed by atoms with Crippen LogP contribution < -0.4 is 0 Å². The van der Waals surface area contributed by atoms with Gasteiger partial charge < -0.3 is 10.2 Å². The summed E-state index contributed by atoms with van der Waals surface area (Å²) in [6.45, 7) is 0.947.